The first-order valence-electron chi connectivity index (χ1n) is 16.6. The van der Waals surface area contributed by atoms with Gasteiger partial charge in [-0.05, 0) is 6.42 Å². The fourth-order valence-corrected chi connectivity index (χ4v) is 8.42. The topological polar surface area (TPSA) is 366 Å². The summed E-state index contributed by atoms with van der Waals surface area (Å²) in [4.78, 5) is 89.3. The van der Waals surface area contributed by atoms with Crippen LogP contribution in [0.4, 0.5) is 5.82 Å². The van der Waals surface area contributed by atoms with Crippen molar-refractivity contribution in [2.45, 2.75) is 83.5 Å². The zero-order valence-electron chi connectivity index (χ0n) is 30.9. The van der Waals surface area contributed by atoms with Crippen LogP contribution >= 0.6 is 35.2 Å². The number of aliphatic hydroxyl groups is 2. The van der Waals surface area contributed by atoms with Gasteiger partial charge in [0, 0.05) is 37.1 Å². The van der Waals surface area contributed by atoms with Crippen LogP contribution in [0.5, 0.6) is 0 Å². The number of hydrogen-bond acceptors (Lipinski definition) is 19. The number of nitrogens with zero attached hydrogens (tertiary/aromatic N) is 4. The van der Waals surface area contributed by atoms with Crippen LogP contribution in [-0.4, -0.2) is 118 Å². The zero-order chi connectivity index (χ0) is 41.2. The molecule has 24 nitrogen and oxygen atoms in total. The molecule has 9 N–H and O–H groups in total. The number of carbonyl (C=O) groups excluding carboxylic acids is 3. The van der Waals surface area contributed by atoms with Gasteiger partial charge in [-0.3, -0.25) is 32.6 Å². The third-order valence-electron chi connectivity index (χ3n) is 7.75. The second-order valence-corrected chi connectivity index (χ2v) is 18.1. The van der Waals surface area contributed by atoms with Crippen molar-refractivity contribution in [1.82, 2.24) is 30.2 Å². The Morgan fingerprint density at radius 1 is 1.07 bits per heavy atom. The SMILES string of the molecule is CCCCCC(=O)SCCNC(=O)CCNC(=O)C(O)C(C)(C)COP(=O)(O)OP(=O)(O)OC[C@H]1O[C@@H](n2cnc3c(N)ncnc32)[C@H](O)[C@@H]1OP(=O)([O-])O.[Li+]. The van der Waals surface area contributed by atoms with Crippen LogP contribution in [0, 0.1) is 5.41 Å². The molecule has 0 aliphatic carbocycles. The summed E-state index contributed by atoms with van der Waals surface area (Å²) in [6, 6.07) is 0. The van der Waals surface area contributed by atoms with Crippen LogP contribution in [0.25, 0.3) is 11.2 Å². The van der Waals surface area contributed by atoms with Crippen molar-refractivity contribution in [3.63, 3.8) is 0 Å². The Morgan fingerprint density at radius 3 is 2.41 bits per heavy atom. The van der Waals surface area contributed by atoms with Crippen LogP contribution in [0.3, 0.4) is 0 Å². The van der Waals surface area contributed by atoms with E-state index in [1.807, 2.05) is 6.92 Å². The molecular weight excluding hydrogens is 826 g/mol. The Morgan fingerprint density at radius 2 is 1.75 bits per heavy atom. The molecule has 0 radical (unpaired) electrons. The maximum Gasteiger partial charge on any atom is 1.00 e. The Labute approximate surface area is 337 Å². The van der Waals surface area contributed by atoms with Crippen molar-refractivity contribution in [2.75, 3.05) is 37.8 Å². The van der Waals surface area contributed by atoms with E-state index in [4.69, 9.17) is 19.5 Å². The number of aliphatic hydroxyl groups excluding tert-OH is 2. The number of aromatic nitrogens is 4. The molecule has 2 aromatic rings. The van der Waals surface area contributed by atoms with E-state index in [1.54, 1.807) is 0 Å². The molecule has 0 aromatic carbocycles. The summed E-state index contributed by atoms with van der Waals surface area (Å²) < 4.78 is 61.7. The molecule has 312 valence electrons. The van der Waals surface area contributed by atoms with Crippen LogP contribution in [0.2, 0.25) is 0 Å². The summed E-state index contributed by atoms with van der Waals surface area (Å²) in [5, 5.41) is 26.4. The molecule has 0 bridgehead atoms. The number of phosphoric acid groups is 3. The molecule has 29 heteroatoms. The van der Waals surface area contributed by atoms with Gasteiger partial charge in [0.1, 0.15) is 36.3 Å². The summed E-state index contributed by atoms with van der Waals surface area (Å²) in [5.74, 6) is -1.06. The molecule has 1 saturated heterocycles. The second-order valence-electron chi connectivity index (χ2n) is 12.7. The summed E-state index contributed by atoms with van der Waals surface area (Å²) >= 11 is 1.12. The standard InChI is InChI=1S/C27H46N7O17P3S.Li/c1-4-5-6-7-18(36)55-11-10-29-17(35)8-9-30-25(39)22(38)27(2,3)13-48-54(45,46)51-53(43,44)47-12-16-21(50-52(40,41)42)20(37)26(49-16)34-15-33-19-23(28)31-14-32-24(19)34;/h14-16,20-22,26,37-38H,4-13H2,1-3H3,(H,29,35)(H,30,39)(H,43,44)(H,45,46)(H2,28,31,32)(H2,40,41,42);/q;+1/p-1/t16-,20-,21-,22?,26-;/m1./s1. The van der Waals surface area contributed by atoms with Gasteiger partial charge < -0.3 is 55.4 Å². The number of unbranched alkanes of at least 4 members (excludes halogenated alkanes) is 2. The first kappa shape index (κ1) is 50.3. The number of carbonyl (C=O) groups is 3. The number of nitrogens with one attached hydrogen (secondary N) is 2. The fourth-order valence-electron chi connectivity index (χ4n) is 4.88. The predicted molar refractivity (Wildman–Crippen MR) is 189 cm³/mol. The van der Waals surface area contributed by atoms with Gasteiger partial charge in [-0.25, -0.2) is 24.1 Å². The molecule has 1 fully saturated rings. The molecule has 0 spiro atoms. The number of nitrogen functional groups attached to an aromatic ring is 1. The third kappa shape index (κ3) is 15.7. The van der Waals surface area contributed by atoms with Gasteiger partial charge in [-0.15, -0.1) is 0 Å². The van der Waals surface area contributed by atoms with Crippen molar-refractivity contribution in [1.29, 1.82) is 0 Å². The van der Waals surface area contributed by atoms with Crippen molar-refractivity contribution < 1.29 is 99.3 Å². The summed E-state index contributed by atoms with van der Waals surface area (Å²) in [6.45, 7) is 2.53. The van der Waals surface area contributed by atoms with Crippen molar-refractivity contribution >= 4 is 69.1 Å². The number of rotatable bonds is 23. The minimum atomic E-state index is -5.58. The largest absolute Gasteiger partial charge is 1.00 e. The molecular formula is C27H45LiN7O17P3S. The number of ether oxygens (including phenoxy) is 1. The first-order valence-corrected chi connectivity index (χ1v) is 22.1. The summed E-state index contributed by atoms with van der Waals surface area (Å²) in [7, 11) is -16.6. The summed E-state index contributed by atoms with van der Waals surface area (Å²) in [6.07, 6.45) is -3.84. The van der Waals surface area contributed by atoms with E-state index in [9.17, 15) is 57.9 Å². The van der Waals surface area contributed by atoms with Gasteiger partial charge in [0.05, 0.1) is 19.5 Å². The number of thioether (sulfide) groups is 1. The number of phosphoric ester groups is 3. The number of fused-ring (bicyclic) bond motifs is 1. The number of amides is 2. The van der Waals surface area contributed by atoms with Gasteiger partial charge in [-0.2, -0.15) is 4.31 Å². The van der Waals surface area contributed by atoms with Gasteiger partial charge in [0.25, 0.3) is 7.82 Å². The molecule has 1 aliphatic heterocycles. The first-order chi connectivity index (χ1) is 25.6. The number of anilines is 1. The normalized spacial score (nSPS) is 22.3. The molecule has 2 amide bonds. The zero-order valence-corrected chi connectivity index (χ0v) is 34.4. The molecule has 56 heavy (non-hydrogen) atoms. The number of nitrogens with two attached hydrogens (primary N) is 1. The Hall–Kier alpha value is -1.84. The molecule has 2 aromatic heterocycles. The minimum absolute atomic E-state index is 0. The maximum absolute atomic E-state index is 12.6. The number of imidazole rings is 1. The van der Waals surface area contributed by atoms with Gasteiger partial charge in [-0.1, -0.05) is 45.4 Å². The van der Waals surface area contributed by atoms with E-state index in [0.717, 1.165) is 48.2 Å². The van der Waals surface area contributed by atoms with Gasteiger partial charge in [0.2, 0.25) is 11.8 Å². The maximum atomic E-state index is 12.6. The van der Waals surface area contributed by atoms with E-state index in [0.29, 0.717) is 12.2 Å². The van der Waals surface area contributed by atoms with E-state index in [2.05, 4.69) is 34.4 Å². The Balaban J connectivity index is 0.0000108. The van der Waals surface area contributed by atoms with Crippen molar-refractivity contribution in [3.8, 4) is 0 Å². The van der Waals surface area contributed by atoms with Crippen LogP contribution in [0.1, 0.15) is 59.1 Å². The third-order valence-corrected chi connectivity index (χ3v) is 11.8. The molecule has 3 heterocycles. The minimum Gasteiger partial charge on any atom is -0.756 e. The Bertz CT molecular complexity index is 1790. The second kappa shape index (κ2) is 22.0. The average Bonchev–Trinajstić information content (AvgIpc) is 3.64. The monoisotopic (exact) mass is 871 g/mol. The molecule has 3 rings (SSSR count). The number of hydrogen-bond donors (Lipinski definition) is 8. The molecule has 4 unspecified atom stereocenters. The van der Waals surface area contributed by atoms with E-state index >= 15 is 0 Å². The smallest absolute Gasteiger partial charge is 0.756 e. The quantitative estimate of drug-likeness (QED) is 0.0307. The van der Waals surface area contributed by atoms with Crippen molar-refractivity contribution in [2.24, 2.45) is 5.41 Å². The van der Waals surface area contributed by atoms with E-state index in [-0.39, 0.29) is 60.5 Å². The predicted octanol–water partition coefficient (Wildman–Crippen LogP) is -3.38. The van der Waals surface area contributed by atoms with Crippen LogP contribution < -0.4 is 40.1 Å². The molecule has 1 aliphatic rings. The van der Waals surface area contributed by atoms with Gasteiger partial charge >= 0.3 is 34.5 Å². The van der Waals surface area contributed by atoms with Crippen LogP contribution in [-0.2, 0) is 50.7 Å². The van der Waals surface area contributed by atoms with Crippen LogP contribution in [0.15, 0.2) is 12.7 Å². The molecule has 8 atom stereocenters. The summed E-state index contributed by atoms with van der Waals surface area (Å²) in [5.41, 5.74) is 4.23. The van der Waals surface area contributed by atoms with Gasteiger partial charge in [0.15, 0.2) is 22.8 Å². The Kier molecular flexibility index (Phi) is 19.7. The van der Waals surface area contributed by atoms with Crippen molar-refractivity contribution in [3.05, 3.63) is 12.7 Å². The van der Waals surface area contributed by atoms with E-state index < -0.39 is 84.6 Å². The fraction of sp³-hybridized carbons (Fsp3) is 0.704. The molecule has 0 saturated carbocycles. The van der Waals surface area contributed by atoms with E-state index in [1.165, 1.54) is 13.8 Å². The average molecular weight is 872 g/mol.